The number of halogens is 6. The fourth-order valence-corrected chi connectivity index (χ4v) is 4.53. The molecule has 2 N–H and O–H groups in total. The summed E-state index contributed by atoms with van der Waals surface area (Å²) in [6.07, 6.45) is -3.58. The predicted molar refractivity (Wildman–Crippen MR) is 145 cm³/mol. The number of pyridine rings is 2. The molecule has 232 valence electrons. The quantitative estimate of drug-likeness (QED) is 0.239. The van der Waals surface area contributed by atoms with Crippen LogP contribution in [0.2, 0.25) is 0 Å². The van der Waals surface area contributed by atoms with E-state index in [4.69, 9.17) is 4.74 Å². The Morgan fingerprint density at radius 1 is 1.09 bits per heavy atom. The minimum absolute atomic E-state index is 0.0623. The molecule has 4 rings (SSSR count). The summed E-state index contributed by atoms with van der Waals surface area (Å²) in [5.74, 6) is -6.87. The third-order valence-electron chi connectivity index (χ3n) is 6.62. The van der Waals surface area contributed by atoms with Crippen LogP contribution in [0.25, 0.3) is 16.7 Å². The largest absolute Gasteiger partial charge is 0.460 e. The van der Waals surface area contributed by atoms with Gasteiger partial charge in [0.1, 0.15) is 34.5 Å². The first-order valence-electron chi connectivity index (χ1n) is 13.5. The molecule has 2 heterocycles. The van der Waals surface area contributed by atoms with Crippen LogP contribution in [0.15, 0.2) is 35.3 Å². The molecule has 1 aliphatic carbocycles. The molecule has 0 aliphatic heterocycles. The molecule has 1 saturated carbocycles. The van der Waals surface area contributed by atoms with E-state index in [0.717, 1.165) is 0 Å². The maximum absolute atomic E-state index is 14.9. The molecule has 3 aromatic rings. The van der Waals surface area contributed by atoms with Gasteiger partial charge in [0.05, 0.1) is 5.39 Å². The van der Waals surface area contributed by atoms with E-state index in [0.29, 0.717) is 22.9 Å². The average Bonchev–Trinajstić information content (AvgIpc) is 3.69. The van der Waals surface area contributed by atoms with Gasteiger partial charge in [0, 0.05) is 31.3 Å². The number of anilines is 1. The van der Waals surface area contributed by atoms with Crippen LogP contribution < -0.4 is 16.1 Å². The Balaban J connectivity index is 1.73. The van der Waals surface area contributed by atoms with Crippen molar-refractivity contribution in [2.24, 2.45) is 11.8 Å². The fourth-order valence-electron chi connectivity index (χ4n) is 4.53. The Kier molecular flexibility index (Phi) is 8.80. The lowest BCUT2D eigenvalue weighted by Gasteiger charge is -2.22. The second kappa shape index (κ2) is 11.9. The summed E-state index contributed by atoms with van der Waals surface area (Å²) in [6, 6.07) is 1.05. The van der Waals surface area contributed by atoms with Gasteiger partial charge in [-0.1, -0.05) is 6.92 Å². The Bertz CT molecular complexity index is 1590. The molecule has 1 amide bonds. The lowest BCUT2D eigenvalue weighted by atomic mass is 10.1. The van der Waals surface area contributed by atoms with Gasteiger partial charge in [-0.15, -0.1) is 0 Å². The number of ether oxygens (including phenoxy) is 1. The number of aromatic nitrogens is 2. The number of benzene rings is 1. The van der Waals surface area contributed by atoms with E-state index in [9.17, 15) is 40.7 Å². The highest BCUT2D eigenvalue weighted by Crippen LogP contribution is 2.40. The molecular weight excluding hydrogens is 582 g/mol. The summed E-state index contributed by atoms with van der Waals surface area (Å²) in [6.45, 7) is 7.15. The molecule has 0 spiro atoms. The van der Waals surface area contributed by atoms with Gasteiger partial charge in [0.2, 0.25) is 5.43 Å². The van der Waals surface area contributed by atoms with E-state index in [-0.39, 0.29) is 48.6 Å². The van der Waals surface area contributed by atoms with Gasteiger partial charge in [-0.25, -0.2) is 18.2 Å². The molecule has 1 aliphatic rings. The lowest BCUT2D eigenvalue weighted by molar-refractivity contribution is -0.158. The van der Waals surface area contributed by atoms with Crippen molar-refractivity contribution in [2.75, 3.05) is 11.9 Å². The van der Waals surface area contributed by atoms with E-state index >= 15 is 0 Å². The van der Waals surface area contributed by atoms with Gasteiger partial charge in [-0.3, -0.25) is 19.0 Å². The molecule has 1 fully saturated rings. The number of nitrogens with one attached hydrogen (secondary N) is 2. The van der Waals surface area contributed by atoms with Crippen LogP contribution >= 0.6 is 0 Å². The van der Waals surface area contributed by atoms with E-state index < -0.39 is 69.7 Å². The Hall–Kier alpha value is -4.10. The van der Waals surface area contributed by atoms with Crippen molar-refractivity contribution in [3.8, 4) is 5.69 Å². The van der Waals surface area contributed by atoms with Crippen molar-refractivity contribution in [2.45, 2.75) is 64.8 Å². The number of amides is 1. The fraction of sp³-hybridized carbons (Fsp3) is 0.448. The first-order valence-corrected chi connectivity index (χ1v) is 13.5. The summed E-state index contributed by atoms with van der Waals surface area (Å²) in [4.78, 5) is 42.7. The summed E-state index contributed by atoms with van der Waals surface area (Å²) >= 11 is 0. The third kappa shape index (κ3) is 7.65. The van der Waals surface area contributed by atoms with Crippen LogP contribution in [0.1, 0.15) is 57.3 Å². The van der Waals surface area contributed by atoms with Gasteiger partial charge in [0.25, 0.3) is 5.91 Å². The topological polar surface area (TPSA) is 102 Å². The second-order valence-electron chi connectivity index (χ2n) is 11.6. The number of carbonyl (C=O) groups excluding carboxylic acids is 2. The van der Waals surface area contributed by atoms with Crippen LogP contribution in [-0.4, -0.2) is 45.8 Å². The first kappa shape index (κ1) is 31.8. The standard InChI is InChI=1S/C29H30F6N4O4/c1-14(9-22(40)43-28(2,3)4)12-36-21-8-7-17-24(41)18(27(42)38-25(15-5-6-15)29(33,34)35)13-39(26(17)37-21)23-19(31)10-16(30)11-20(23)32/h7-8,10-11,13-15,25H,5-6,9,12H2,1-4H3,(H,36,37)(H,38,42)/t14-,25+/m1/s1. The Morgan fingerprint density at radius 2 is 1.72 bits per heavy atom. The SMILES string of the molecule is C[C@@H](CNc1ccc2c(=O)c(C(=O)N[C@@H](C3CC3)C(F)(F)F)cn(-c3c(F)cc(F)cc3F)c2n1)CC(=O)OC(C)(C)C. The van der Waals surface area contributed by atoms with E-state index in [1.807, 2.05) is 5.32 Å². The highest BCUT2D eigenvalue weighted by atomic mass is 19.4. The molecule has 43 heavy (non-hydrogen) atoms. The van der Waals surface area contributed by atoms with Crippen LogP contribution in [0.5, 0.6) is 0 Å². The summed E-state index contributed by atoms with van der Waals surface area (Å²) < 4.78 is 90.2. The minimum Gasteiger partial charge on any atom is -0.460 e. The normalized spacial score (nSPS) is 15.2. The van der Waals surface area contributed by atoms with Crippen LogP contribution in [0.4, 0.5) is 32.2 Å². The second-order valence-corrected chi connectivity index (χ2v) is 11.6. The van der Waals surface area contributed by atoms with Crippen molar-refractivity contribution in [3.05, 3.63) is 63.7 Å². The number of esters is 1. The number of rotatable bonds is 9. The van der Waals surface area contributed by atoms with Gasteiger partial charge in [-0.05, 0) is 57.6 Å². The van der Waals surface area contributed by atoms with Gasteiger partial charge in [-0.2, -0.15) is 13.2 Å². The first-order chi connectivity index (χ1) is 19.9. The van der Waals surface area contributed by atoms with E-state index in [1.54, 1.807) is 27.7 Å². The molecule has 1 aromatic carbocycles. The maximum atomic E-state index is 14.9. The van der Waals surface area contributed by atoms with E-state index in [2.05, 4.69) is 10.3 Å². The minimum atomic E-state index is -4.79. The van der Waals surface area contributed by atoms with Gasteiger partial charge < -0.3 is 15.4 Å². The maximum Gasteiger partial charge on any atom is 0.408 e. The van der Waals surface area contributed by atoms with Gasteiger partial charge in [0.15, 0.2) is 17.3 Å². The number of nitrogens with zero attached hydrogens (tertiary/aromatic N) is 2. The third-order valence-corrected chi connectivity index (χ3v) is 6.62. The molecule has 0 radical (unpaired) electrons. The predicted octanol–water partition coefficient (Wildman–Crippen LogP) is 5.65. The van der Waals surface area contributed by atoms with Crippen LogP contribution in [0.3, 0.4) is 0 Å². The highest BCUT2D eigenvalue weighted by molar-refractivity contribution is 5.97. The molecule has 0 unspecified atom stereocenters. The number of fused-ring (bicyclic) bond motifs is 1. The summed E-state index contributed by atoms with van der Waals surface area (Å²) in [5.41, 5.74) is -3.77. The van der Waals surface area contributed by atoms with Crippen LogP contribution in [0, 0.1) is 29.3 Å². The Labute approximate surface area is 242 Å². The zero-order valence-corrected chi connectivity index (χ0v) is 23.7. The average molecular weight is 613 g/mol. The van der Waals surface area contributed by atoms with Crippen molar-refractivity contribution < 1.29 is 40.7 Å². The van der Waals surface area contributed by atoms with E-state index in [1.165, 1.54) is 12.1 Å². The van der Waals surface area contributed by atoms with Crippen LogP contribution in [-0.2, 0) is 9.53 Å². The molecule has 8 nitrogen and oxygen atoms in total. The molecular formula is C29H30F6N4O4. The zero-order chi connectivity index (χ0) is 31.9. The number of alkyl halides is 3. The molecule has 14 heteroatoms. The number of hydrogen-bond donors (Lipinski definition) is 2. The smallest absolute Gasteiger partial charge is 0.408 e. The summed E-state index contributed by atoms with van der Waals surface area (Å²) in [5, 5.41) is 4.46. The monoisotopic (exact) mass is 612 g/mol. The van der Waals surface area contributed by atoms with Crippen molar-refractivity contribution in [1.82, 2.24) is 14.9 Å². The van der Waals surface area contributed by atoms with Crippen molar-refractivity contribution in [3.63, 3.8) is 0 Å². The van der Waals surface area contributed by atoms with Gasteiger partial charge >= 0.3 is 12.1 Å². The molecule has 2 aromatic heterocycles. The number of hydrogen-bond acceptors (Lipinski definition) is 6. The highest BCUT2D eigenvalue weighted by Gasteiger charge is 2.50. The molecule has 2 atom stereocenters. The molecule has 0 saturated heterocycles. The number of carbonyl (C=O) groups is 2. The Morgan fingerprint density at radius 3 is 2.28 bits per heavy atom. The summed E-state index contributed by atoms with van der Waals surface area (Å²) in [7, 11) is 0. The zero-order valence-electron chi connectivity index (χ0n) is 23.7. The molecule has 0 bridgehead atoms. The van der Waals surface area contributed by atoms with Crippen molar-refractivity contribution >= 4 is 28.7 Å². The van der Waals surface area contributed by atoms with Crippen molar-refractivity contribution in [1.29, 1.82) is 0 Å². The lowest BCUT2D eigenvalue weighted by Crippen LogP contribution is -2.48.